The highest BCUT2D eigenvalue weighted by molar-refractivity contribution is 5.30. The van der Waals surface area contributed by atoms with Crippen molar-refractivity contribution in [2.24, 2.45) is 12.8 Å². The van der Waals surface area contributed by atoms with Crippen LogP contribution in [-0.4, -0.2) is 30.0 Å². The number of nitrogens with two attached hydrogens (primary N) is 1. The van der Waals surface area contributed by atoms with Crippen LogP contribution in [0.3, 0.4) is 0 Å². The van der Waals surface area contributed by atoms with Gasteiger partial charge in [-0.15, -0.1) is 0 Å². The van der Waals surface area contributed by atoms with Gasteiger partial charge < -0.3 is 15.8 Å². The molecule has 0 radical (unpaired) electrons. The summed E-state index contributed by atoms with van der Waals surface area (Å²) in [5.74, 6) is 0.827. The molecular weight excluding hydrogens is 192 g/mol. The van der Waals surface area contributed by atoms with E-state index in [4.69, 9.17) is 10.5 Å². The van der Waals surface area contributed by atoms with Crippen molar-refractivity contribution in [2.75, 3.05) is 20.2 Å². The minimum Gasteiger partial charge on any atom is -0.481 e. The zero-order chi connectivity index (χ0) is 11.3. The molecule has 0 aromatic carbocycles. The second-order valence-electron chi connectivity index (χ2n) is 3.52. The molecule has 1 rings (SSSR count). The summed E-state index contributed by atoms with van der Waals surface area (Å²) in [4.78, 5) is 0. The van der Waals surface area contributed by atoms with Gasteiger partial charge in [0.25, 0.3) is 0 Å². The maximum atomic E-state index is 5.42. The fourth-order valence-electron chi connectivity index (χ4n) is 1.58. The summed E-state index contributed by atoms with van der Waals surface area (Å²) in [6.45, 7) is 4.41. The lowest BCUT2D eigenvalue weighted by Gasteiger charge is -2.06. The van der Waals surface area contributed by atoms with Crippen LogP contribution in [0.5, 0.6) is 5.88 Å². The van der Waals surface area contributed by atoms with Crippen LogP contribution < -0.4 is 15.8 Å². The van der Waals surface area contributed by atoms with Crippen molar-refractivity contribution >= 4 is 0 Å². The summed E-state index contributed by atoms with van der Waals surface area (Å²) in [6, 6.07) is 0. The van der Waals surface area contributed by atoms with Gasteiger partial charge in [0.2, 0.25) is 5.88 Å². The van der Waals surface area contributed by atoms with Crippen LogP contribution >= 0.6 is 0 Å². The summed E-state index contributed by atoms with van der Waals surface area (Å²) < 4.78 is 7.05. The normalized spacial score (nSPS) is 10.7. The molecule has 0 aliphatic heterocycles. The molecule has 1 heterocycles. The molecule has 1 aromatic rings. The highest BCUT2D eigenvalue weighted by Crippen LogP contribution is 2.20. The summed E-state index contributed by atoms with van der Waals surface area (Å²) in [5.41, 5.74) is 7.55. The van der Waals surface area contributed by atoms with E-state index < -0.39 is 0 Å². The molecular formula is C10H20N4O. The van der Waals surface area contributed by atoms with Crippen LogP contribution in [0.25, 0.3) is 0 Å². The topological polar surface area (TPSA) is 65.1 Å². The van der Waals surface area contributed by atoms with Gasteiger partial charge in [0.1, 0.15) is 0 Å². The average Bonchev–Trinajstić information content (AvgIpc) is 2.48. The van der Waals surface area contributed by atoms with E-state index in [2.05, 4.69) is 10.4 Å². The van der Waals surface area contributed by atoms with Crippen molar-refractivity contribution < 1.29 is 4.74 Å². The Hall–Kier alpha value is -1.07. The van der Waals surface area contributed by atoms with Crippen LogP contribution in [0.1, 0.15) is 17.7 Å². The number of nitrogens with zero attached hydrogens (tertiary/aromatic N) is 2. The first kappa shape index (κ1) is 12.0. The van der Waals surface area contributed by atoms with E-state index >= 15 is 0 Å². The molecule has 0 saturated heterocycles. The number of methoxy groups -OCH3 is 1. The second kappa shape index (κ2) is 5.72. The number of aromatic nitrogens is 2. The molecule has 0 saturated carbocycles. The van der Waals surface area contributed by atoms with Crippen molar-refractivity contribution in [3.05, 3.63) is 11.3 Å². The van der Waals surface area contributed by atoms with E-state index in [1.807, 2.05) is 14.0 Å². The molecule has 1 aromatic heterocycles. The lowest BCUT2D eigenvalue weighted by Crippen LogP contribution is -2.18. The Labute approximate surface area is 90.6 Å². The van der Waals surface area contributed by atoms with Gasteiger partial charge >= 0.3 is 0 Å². The van der Waals surface area contributed by atoms with E-state index in [1.165, 1.54) is 0 Å². The highest BCUT2D eigenvalue weighted by Gasteiger charge is 2.12. The number of nitrogens with one attached hydrogen (secondary N) is 1. The molecule has 0 amide bonds. The Morgan fingerprint density at radius 2 is 2.27 bits per heavy atom. The monoisotopic (exact) mass is 212 g/mol. The van der Waals surface area contributed by atoms with E-state index in [0.717, 1.165) is 43.2 Å². The summed E-state index contributed by atoms with van der Waals surface area (Å²) in [5, 5.41) is 7.63. The van der Waals surface area contributed by atoms with Crippen molar-refractivity contribution in [1.29, 1.82) is 0 Å². The number of ether oxygens (including phenoxy) is 1. The summed E-state index contributed by atoms with van der Waals surface area (Å²) >= 11 is 0. The van der Waals surface area contributed by atoms with Gasteiger partial charge in [0.05, 0.1) is 18.4 Å². The number of hydrogen-bond acceptors (Lipinski definition) is 4. The number of rotatable bonds is 6. The first-order chi connectivity index (χ1) is 7.20. The lowest BCUT2D eigenvalue weighted by molar-refractivity contribution is 0.368. The molecule has 5 nitrogen and oxygen atoms in total. The number of aryl methyl sites for hydroxylation is 2. The summed E-state index contributed by atoms with van der Waals surface area (Å²) in [6.07, 6.45) is 0.988. The Kier molecular flexibility index (Phi) is 4.58. The van der Waals surface area contributed by atoms with Gasteiger partial charge in [0.15, 0.2) is 0 Å². The Bertz CT molecular complexity index is 309. The molecule has 0 unspecified atom stereocenters. The van der Waals surface area contributed by atoms with Crippen molar-refractivity contribution in [2.45, 2.75) is 19.9 Å². The third-order valence-corrected chi connectivity index (χ3v) is 2.34. The first-order valence-corrected chi connectivity index (χ1v) is 5.18. The quantitative estimate of drug-likeness (QED) is 0.660. The van der Waals surface area contributed by atoms with Gasteiger partial charge in [0, 0.05) is 13.6 Å². The molecule has 0 aliphatic carbocycles. The maximum absolute atomic E-state index is 5.42. The SMILES string of the molecule is COc1c(CNCCCN)c(C)nn1C. The lowest BCUT2D eigenvalue weighted by atomic mass is 10.2. The van der Waals surface area contributed by atoms with Crippen molar-refractivity contribution in [3.8, 4) is 5.88 Å². The second-order valence-corrected chi connectivity index (χ2v) is 3.52. The van der Waals surface area contributed by atoms with Crippen LogP contribution in [-0.2, 0) is 13.6 Å². The maximum Gasteiger partial charge on any atom is 0.216 e. The van der Waals surface area contributed by atoms with E-state index in [-0.39, 0.29) is 0 Å². The van der Waals surface area contributed by atoms with Crippen LogP contribution in [0.15, 0.2) is 0 Å². The highest BCUT2D eigenvalue weighted by atomic mass is 16.5. The van der Waals surface area contributed by atoms with Gasteiger partial charge in [-0.25, -0.2) is 4.68 Å². The largest absolute Gasteiger partial charge is 0.481 e. The van der Waals surface area contributed by atoms with Gasteiger partial charge in [-0.2, -0.15) is 5.10 Å². The fourth-order valence-corrected chi connectivity index (χ4v) is 1.58. The minimum absolute atomic E-state index is 0.718. The van der Waals surface area contributed by atoms with Crippen LogP contribution in [0, 0.1) is 6.92 Å². The van der Waals surface area contributed by atoms with Crippen LogP contribution in [0.4, 0.5) is 0 Å². The van der Waals surface area contributed by atoms with Crippen molar-refractivity contribution in [1.82, 2.24) is 15.1 Å². The molecule has 0 bridgehead atoms. The fraction of sp³-hybridized carbons (Fsp3) is 0.700. The Morgan fingerprint density at radius 1 is 1.53 bits per heavy atom. The van der Waals surface area contributed by atoms with Gasteiger partial charge in [-0.1, -0.05) is 0 Å². The van der Waals surface area contributed by atoms with E-state index in [1.54, 1.807) is 11.8 Å². The standard InChI is InChI=1S/C10H20N4O/c1-8-9(7-12-6-4-5-11)10(15-3)14(2)13-8/h12H,4-7,11H2,1-3H3. The van der Waals surface area contributed by atoms with E-state index in [0.29, 0.717) is 0 Å². The molecule has 0 fully saturated rings. The molecule has 5 heteroatoms. The molecule has 15 heavy (non-hydrogen) atoms. The van der Waals surface area contributed by atoms with Gasteiger partial charge in [-0.05, 0) is 26.4 Å². The molecule has 0 spiro atoms. The Balaban J connectivity index is 2.59. The average molecular weight is 212 g/mol. The summed E-state index contributed by atoms with van der Waals surface area (Å²) in [7, 11) is 3.55. The first-order valence-electron chi connectivity index (χ1n) is 5.18. The van der Waals surface area contributed by atoms with Crippen LogP contribution in [0.2, 0.25) is 0 Å². The molecule has 0 aliphatic rings. The zero-order valence-corrected chi connectivity index (χ0v) is 9.71. The molecule has 3 N–H and O–H groups in total. The van der Waals surface area contributed by atoms with E-state index in [9.17, 15) is 0 Å². The number of hydrogen-bond donors (Lipinski definition) is 2. The predicted molar refractivity (Wildman–Crippen MR) is 59.9 cm³/mol. The molecule has 0 atom stereocenters. The van der Waals surface area contributed by atoms with Crippen molar-refractivity contribution in [3.63, 3.8) is 0 Å². The smallest absolute Gasteiger partial charge is 0.216 e. The molecule has 86 valence electrons. The third-order valence-electron chi connectivity index (χ3n) is 2.34. The zero-order valence-electron chi connectivity index (χ0n) is 9.71. The predicted octanol–water partition coefficient (Wildman–Crippen LogP) is 0.176. The van der Waals surface area contributed by atoms with Gasteiger partial charge in [-0.3, -0.25) is 0 Å². The third kappa shape index (κ3) is 2.94. The minimum atomic E-state index is 0.718. The Morgan fingerprint density at radius 3 is 2.87 bits per heavy atom.